The first-order valence-electron chi connectivity index (χ1n) is 7.47. The van der Waals surface area contributed by atoms with E-state index in [1.54, 1.807) is 16.7 Å². The number of hydrogen-bond acceptors (Lipinski definition) is 3. The molecular weight excluding hydrogens is 312 g/mol. The zero-order chi connectivity index (χ0) is 16.2. The van der Waals surface area contributed by atoms with E-state index in [4.69, 9.17) is 5.11 Å². The Morgan fingerprint density at radius 3 is 2.83 bits per heavy atom. The Bertz CT molecular complexity index is 735. The molecule has 2 aromatic carbocycles. The van der Waals surface area contributed by atoms with Gasteiger partial charge in [0.1, 0.15) is 6.04 Å². The fourth-order valence-corrected chi connectivity index (χ4v) is 3.72. The van der Waals surface area contributed by atoms with Crippen molar-refractivity contribution in [2.24, 2.45) is 0 Å². The van der Waals surface area contributed by atoms with Crippen LogP contribution in [0.2, 0.25) is 0 Å². The molecule has 0 spiro atoms. The Balaban J connectivity index is 1.78. The molecule has 2 aromatic rings. The summed E-state index contributed by atoms with van der Waals surface area (Å²) in [5, 5.41) is 13.5. The molecule has 0 saturated carbocycles. The maximum Gasteiger partial charge on any atom is 0.405 e. The van der Waals surface area contributed by atoms with Crippen LogP contribution >= 0.6 is 11.8 Å². The quantitative estimate of drug-likeness (QED) is 0.907. The molecule has 6 heteroatoms. The van der Waals surface area contributed by atoms with Gasteiger partial charge in [0.25, 0.3) is 0 Å². The van der Waals surface area contributed by atoms with E-state index < -0.39 is 12.1 Å². The first-order chi connectivity index (χ1) is 11.1. The van der Waals surface area contributed by atoms with Gasteiger partial charge < -0.3 is 15.3 Å². The second-order valence-electron chi connectivity index (χ2n) is 5.52. The minimum atomic E-state index is -1.16. The summed E-state index contributed by atoms with van der Waals surface area (Å²) in [6, 6.07) is 13.6. The molecule has 120 valence electrons. The van der Waals surface area contributed by atoms with Crippen LogP contribution in [0.15, 0.2) is 42.5 Å². The molecule has 1 aliphatic rings. The lowest BCUT2D eigenvalue weighted by molar-refractivity contribution is -0.132. The number of hydrogen-bond donors (Lipinski definition) is 2. The van der Waals surface area contributed by atoms with Crippen LogP contribution in [0.1, 0.15) is 5.56 Å². The molecule has 0 bridgehead atoms. The van der Waals surface area contributed by atoms with E-state index in [1.807, 2.05) is 24.3 Å². The van der Waals surface area contributed by atoms with Gasteiger partial charge >= 0.3 is 6.09 Å². The van der Waals surface area contributed by atoms with Gasteiger partial charge in [-0.3, -0.25) is 4.79 Å². The summed E-state index contributed by atoms with van der Waals surface area (Å²) in [7, 11) is 0. The predicted molar refractivity (Wildman–Crippen MR) is 91.6 cm³/mol. The van der Waals surface area contributed by atoms with Crippen LogP contribution in [0.4, 0.5) is 4.79 Å². The van der Waals surface area contributed by atoms with E-state index in [-0.39, 0.29) is 5.91 Å². The number of carbonyl (C=O) groups is 2. The van der Waals surface area contributed by atoms with Crippen LogP contribution < -0.4 is 5.32 Å². The maximum atomic E-state index is 12.5. The Hall–Kier alpha value is -2.21. The summed E-state index contributed by atoms with van der Waals surface area (Å²) in [5.41, 5.74) is 1.05. The van der Waals surface area contributed by atoms with E-state index in [9.17, 15) is 9.59 Å². The molecule has 1 saturated heterocycles. The van der Waals surface area contributed by atoms with Gasteiger partial charge in [0, 0.05) is 24.6 Å². The van der Waals surface area contributed by atoms with Crippen molar-refractivity contribution >= 4 is 34.5 Å². The molecule has 1 heterocycles. The predicted octanol–water partition coefficient (Wildman–Crippen LogP) is 2.55. The molecule has 1 unspecified atom stereocenters. The standard InChI is InChI=1S/C17H18N2O3S/c20-16-15(18-17(21)22)11-23-8-7-19(16)10-12-5-6-13-3-1-2-4-14(13)9-12/h1-6,9,15,18H,7-8,10-11H2,(H,21,22). The van der Waals surface area contributed by atoms with Gasteiger partial charge in [0.15, 0.2) is 0 Å². The summed E-state index contributed by atoms with van der Waals surface area (Å²) < 4.78 is 0. The zero-order valence-corrected chi connectivity index (χ0v) is 13.4. The Kier molecular flexibility index (Phi) is 4.71. The summed E-state index contributed by atoms with van der Waals surface area (Å²) in [6.07, 6.45) is -1.16. The third-order valence-corrected chi connectivity index (χ3v) is 4.93. The van der Waals surface area contributed by atoms with Crippen LogP contribution in [0.5, 0.6) is 0 Å². The van der Waals surface area contributed by atoms with Gasteiger partial charge in [-0.2, -0.15) is 11.8 Å². The number of carbonyl (C=O) groups excluding carboxylic acids is 1. The van der Waals surface area contributed by atoms with Crippen LogP contribution in [-0.4, -0.2) is 46.1 Å². The monoisotopic (exact) mass is 330 g/mol. The molecule has 1 fully saturated rings. The van der Waals surface area contributed by atoms with E-state index in [2.05, 4.69) is 23.5 Å². The number of carboxylic acid groups (broad SMARTS) is 1. The lowest BCUT2D eigenvalue weighted by Gasteiger charge is -2.24. The highest BCUT2D eigenvalue weighted by Crippen LogP contribution is 2.19. The lowest BCUT2D eigenvalue weighted by atomic mass is 10.1. The molecule has 2 N–H and O–H groups in total. The molecule has 1 atom stereocenters. The highest BCUT2D eigenvalue weighted by molar-refractivity contribution is 7.99. The highest BCUT2D eigenvalue weighted by Gasteiger charge is 2.28. The second-order valence-corrected chi connectivity index (χ2v) is 6.67. The third kappa shape index (κ3) is 3.76. The number of nitrogens with one attached hydrogen (secondary N) is 1. The Labute approximate surface area is 138 Å². The van der Waals surface area contributed by atoms with Crippen molar-refractivity contribution < 1.29 is 14.7 Å². The molecule has 23 heavy (non-hydrogen) atoms. The van der Waals surface area contributed by atoms with Gasteiger partial charge in [-0.15, -0.1) is 0 Å². The average molecular weight is 330 g/mol. The van der Waals surface area contributed by atoms with Crippen molar-refractivity contribution in [1.29, 1.82) is 0 Å². The van der Waals surface area contributed by atoms with Crippen molar-refractivity contribution in [2.75, 3.05) is 18.1 Å². The summed E-state index contributed by atoms with van der Waals surface area (Å²) in [5.74, 6) is 1.15. The third-order valence-electron chi connectivity index (χ3n) is 3.88. The molecule has 2 amide bonds. The fourth-order valence-electron chi connectivity index (χ4n) is 2.74. The first-order valence-corrected chi connectivity index (χ1v) is 8.62. The van der Waals surface area contributed by atoms with E-state index in [0.29, 0.717) is 18.8 Å². The lowest BCUT2D eigenvalue weighted by Crippen LogP contribution is -2.48. The normalized spacial score (nSPS) is 18.7. The van der Waals surface area contributed by atoms with E-state index in [0.717, 1.165) is 16.7 Å². The summed E-state index contributed by atoms with van der Waals surface area (Å²) in [6.45, 7) is 1.14. The highest BCUT2D eigenvalue weighted by atomic mass is 32.2. The average Bonchev–Trinajstić information content (AvgIpc) is 2.70. The zero-order valence-electron chi connectivity index (χ0n) is 12.6. The SMILES string of the molecule is O=C(O)NC1CSCCN(Cc2ccc3ccccc3c2)C1=O. The Morgan fingerprint density at radius 1 is 1.26 bits per heavy atom. The molecule has 0 aromatic heterocycles. The molecular formula is C17H18N2O3S. The molecule has 0 radical (unpaired) electrons. The minimum Gasteiger partial charge on any atom is -0.465 e. The first kappa shape index (κ1) is 15.7. The Morgan fingerprint density at radius 2 is 2.04 bits per heavy atom. The number of nitrogens with zero attached hydrogens (tertiary/aromatic N) is 1. The molecule has 3 rings (SSSR count). The largest absolute Gasteiger partial charge is 0.465 e. The van der Waals surface area contributed by atoms with Crippen molar-refractivity contribution in [3.63, 3.8) is 0 Å². The van der Waals surface area contributed by atoms with Gasteiger partial charge in [-0.25, -0.2) is 4.79 Å². The fraction of sp³-hybridized carbons (Fsp3) is 0.294. The minimum absolute atomic E-state index is 0.148. The van der Waals surface area contributed by atoms with Crippen LogP contribution in [-0.2, 0) is 11.3 Å². The molecule has 1 aliphatic heterocycles. The van der Waals surface area contributed by atoms with Crippen molar-refractivity contribution in [3.8, 4) is 0 Å². The number of thioether (sulfide) groups is 1. The van der Waals surface area contributed by atoms with Crippen LogP contribution in [0.3, 0.4) is 0 Å². The second kappa shape index (κ2) is 6.91. The number of fused-ring (bicyclic) bond motifs is 1. The van der Waals surface area contributed by atoms with Gasteiger partial charge in [0.2, 0.25) is 5.91 Å². The van der Waals surface area contributed by atoms with E-state index >= 15 is 0 Å². The summed E-state index contributed by atoms with van der Waals surface area (Å²) in [4.78, 5) is 25.1. The van der Waals surface area contributed by atoms with Crippen LogP contribution in [0, 0.1) is 0 Å². The smallest absolute Gasteiger partial charge is 0.405 e. The topological polar surface area (TPSA) is 69.6 Å². The van der Waals surface area contributed by atoms with Crippen molar-refractivity contribution in [1.82, 2.24) is 10.2 Å². The van der Waals surface area contributed by atoms with Gasteiger partial charge in [-0.1, -0.05) is 36.4 Å². The van der Waals surface area contributed by atoms with Crippen LogP contribution in [0.25, 0.3) is 10.8 Å². The molecule has 0 aliphatic carbocycles. The summed E-state index contributed by atoms with van der Waals surface area (Å²) >= 11 is 1.60. The van der Waals surface area contributed by atoms with E-state index in [1.165, 1.54) is 5.39 Å². The number of benzene rings is 2. The number of rotatable bonds is 3. The maximum absolute atomic E-state index is 12.5. The van der Waals surface area contributed by atoms with Gasteiger partial charge in [0.05, 0.1) is 0 Å². The number of amides is 2. The van der Waals surface area contributed by atoms with Gasteiger partial charge in [-0.05, 0) is 22.4 Å². The molecule has 5 nitrogen and oxygen atoms in total. The van der Waals surface area contributed by atoms with Crippen molar-refractivity contribution in [2.45, 2.75) is 12.6 Å². The van der Waals surface area contributed by atoms with Crippen molar-refractivity contribution in [3.05, 3.63) is 48.0 Å².